The third kappa shape index (κ3) is 2.97. The van der Waals surface area contributed by atoms with Crippen molar-refractivity contribution in [3.8, 4) is 0 Å². The van der Waals surface area contributed by atoms with Crippen LogP contribution < -0.4 is 0 Å². The van der Waals surface area contributed by atoms with E-state index in [1.165, 1.54) is 0 Å². The fraction of sp³-hybridized carbons (Fsp3) is 0.400. The maximum absolute atomic E-state index is 9.10. The minimum atomic E-state index is 0.0631. The average Bonchev–Trinajstić information content (AvgIpc) is 2.41. The van der Waals surface area contributed by atoms with Crippen molar-refractivity contribution in [2.45, 2.75) is 13.8 Å². The summed E-state index contributed by atoms with van der Waals surface area (Å²) in [6, 6.07) is 1.86. The third-order valence-electron chi connectivity index (χ3n) is 1.92. The number of halogens is 2. The molecular weight excluding hydrogens is 312 g/mol. The van der Waals surface area contributed by atoms with Gasteiger partial charge in [-0.1, -0.05) is 13.8 Å². The fourth-order valence-electron chi connectivity index (χ4n) is 1.01. The first-order chi connectivity index (χ1) is 6.54. The van der Waals surface area contributed by atoms with Crippen molar-refractivity contribution < 1.29 is 9.52 Å². The van der Waals surface area contributed by atoms with Gasteiger partial charge in [0.1, 0.15) is 5.76 Å². The van der Waals surface area contributed by atoms with Crippen LogP contribution in [0.5, 0.6) is 0 Å². The largest absolute Gasteiger partial charge is 0.449 e. The molecule has 78 valence electrons. The number of rotatable bonds is 3. The van der Waals surface area contributed by atoms with Gasteiger partial charge >= 0.3 is 0 Å². The molecule has 0 aliphatic rings. The lowest BCUT2D eigenvalue weighted by molar-refractivity contribution is 0.320. The molecule has 0 radical (unpaired) electrons. The zero-order chi connectivity index (χ0) is 10.7. The minimum absolute atomic E-state index is 0.0631. The van der Waals surface area contributed by atoms with Crippen LogP contribution in [0.3, 0.4) is 0 Å². The summed E-state index contributed by atoms with van der Waals surface area (Å²) in [7, 11) is 0. The molecule has 0 saturated carbocycles. The maximum atomic E-state index is 9.10. The lowest BCUT2D eigenvalue weighted by atomic mass is 10.0. The summed E-state index contributed by atoms with van der Waals surface area (Å²) in [6.45, 7) is 4.14. The van der Waals surface area contributed by atoms with Crippen molar-refractivity contribution in [1.82, 2.24) is 0 Å². The van der Waals surface area contributed by atoms with E-state index in [4.69, 9.17) is 9.52 Å². The summed E-state index contributed by atoms with van der Waals surface area (Å²) < 4.78 is 6.93. The van der Waals surface area contributed by atoms with Crippen LogP contribution in [0.4, 0.5) is 0 Å². The van der Waals surface area contributed by atoms with E-state index >= 15 is 0 Å². The van der Waals surface area contributed by atoms with Crippen molar-refractivity contribution in [2.24, 2.45) is 5.92 Å². The van der Waals surface area contributed by atoms with Crippen LogP contribution in [0, 0.1) is 5.92 Å². The number of furan rings is 1. The maximum Gasteiger partial charge on any atom is 0.184 e. The predicted molar refractivity (Wildman–Crippen MR) is 64.0 cm³/mol. The van der Waals surface area contributed by atoms with Gasteiger partial charge < -0.3 is 9.52 Å². The molecule has 1 heterocycles. The first-order valence-corrected chi connectivity index (χ1v) is 5.89. The molecule has 14 heavy (non-hydrogen) atoms. The predicted octanol–water partition coefficient (Wildman–Crippen LogP) is 3.84. The van der Waals surface area contributed by atoms with Gasteiger partial charge in [-0.25, -0.2) is 0 Å². The van der Waals surface area contributed by atoms with Crippen molar-refractivity contribution in [1.29, 1.82) is 0 Å². The topological polar surface area (TPSA) is 33.4 Å². The number of hydrogen-bond donors (Lipinski definition) is 1. The lowest BCUT2D eigenvalue weighted by Crippen LogP contribution is -1.98. The van der Waals surface area contributed by atoms with Gasteiger partial charge in [-0.2, -0.15) is 0 Å². The molecule has 0 bridgehead atoms. The highest BCUT2D eigenvalue weighted by Gasteiger charge is 2.07. The van der Waals surface area contributed by atoms with Gasteiger partial charge in [-0.15, -0.1) is 0 Å². The molecule has 0 saturated heterocycles. The van der Waals surface area contributed by atoms with Gasteiger partial charge in [-0.3, -0.25) is 0 Å². The van der Waals surface area contributed by atoms with Crippen LogP contribution in [-0.2, 0) is 0 Å². The summed E-state index contributed by atoms with van der Waals surface area (Å²) in [5, 5.41) is 9.10. The molecule has 0 aliphatic carbocycles. The zero-order valence-electron chi connectivity index (χ0n) is 8.05. The van der Waals surface area contributed by atoms with Crippen molar-refractivity contribution in [3.63, 3.8) is 0 Å². The van der Waals surface area contributed by atoms with E-state index in [1.54, 1.807) is 0 Å². The van der Waals surface area contributed by atoms with Gasteiger partial charge in [0, 0.05) is 0 Å². The Hall–Kier alpha value is -0.0600. The van der Waals surface area contributed by atoms with Crippen LogP contribution in [0.2, 0.25) is 0 Å². The average molecular weight is 324 g/mol. The van der Waals surface area contributed by atoms with Crippen molar-refractivity contribution >= 4 is 37.9 Å². The summed E-state index contributed by atoms with van der Waals surface area (Å²) in [6.07, 6.45) is 1.86. The second-order valence-electron chi connectivity index (χ2n) is 3.30. The summed E-state index contributed by atoms with van der Waals surface area (Å²) in [5.74, 6) is 1.06. The molecule has 1 aromatic rings. The molecule has 0 unspecified atom stereocenters. The zero-order valence-corrected chi connectivity index (χ0v) is 11.2. The van der Waals surface area contributed by atoms with E-state index < -0.39 is 0 Å². The molecule has 0 amide bonds. The number of hydrogen-bond acceptors (Lipinski definition) is 2. The highest BCUT2D eigenvalue weighted by atomic mass is 79.9. The summed E-state index contributed by atoms with van der Waals surface area (Å²) in [4.78, 5) is 0. The third-order valence-corrected chi connectivity index (χ3v) is 3.63. The fourth-order valence-corrected chi connectivity index (χ4v) is 1.62. The van der Waals surface area contributed by atoms with Gasteiger partial charge in [0.15, 0.2) is 4.67 Å². The lowest BCUT2D eigenvalue weighted by Gasteiger charge is -2.06. The van der Waals surface area contributed by atoms with Crippen LogP contribution in [0.25, 0.3) is 6.08 Å². The van der Waals surface area contributed by atoms with E-state index in [-0.39, 0.29) is 6.61 Å². The Morgan fingerprint density at radius 1 is 1.57 bits per heavy atom. The van der Waals surface area contributed by atoms with E-state index in [1.807, 2.05) is 26.0 Å². The smallest absolute Gasteiger partial charge is 0.184 e. The molecule has 1 aromatic heterocycles. The highest BCUT2D eigenvalue weighted by molar-refractivity contribution is 9.13. The van der Waals surface area contributed by atoms with Crippen LogP contribution in [0.15, 0.2) is 25.2 Å². The second-order valence-corrected chi connectivity index (χ2v) is 4.88. The molecule has 2 nitrogen and oxygen atoms in total. The Bertz CT molecular complexity index is 320. The van der Waals surface area contributed by atoms with E-state index in [0.29, 0.717) is 10.6 Å². The Morgan fingerprint density at radius 3 is 2.57 bits per heavy atom. The Labute approximate surface area is 100 Å². The Morgan fingerprint density at radius 2 is 2.21 bits per heavy atom. The summed E-state index contributed by atoms with van der Waals surface area (Å²) >= 11 is 6.59. The molecule has 0 spiro atoms. The van der Waals surface area contributed by atoms with Crippen LogP contribution in [0.1, 0.15) is 19.6 Å². The Kier molecular flexibility index (Phi) is 4.41. The molecular formula is C10H12Br2O2. The first-order valence-electron chi connectivity index (χ1n) is 4.30. The molecule has 4 heteroatoms. The van der Waals surface area contributed by atoms with Gasteiger partial charge in [-0.05, 0) is 55.5 Å². The van der Waals surface area contributed by atoms with Crippen LogP contribution >= 0.6 is 31.9 Å². The highest BCUT2D eigenvalue weighted by Crippen LogP contribution is 2.28. The Balaban J connectivity index is 2.94. The molecule has 0 aromatic carbocycles. The first kappa shape index (κ1) is 12.0. The van der Waals surface area contributed by atoms with Crippen LogP contribution in [-0.4, -0.2) is 11.7 Å². The van der Waals surface area contributed by atoms with Gasteiger partial charge in [0.25, 0.3) is 0 Å². The molecule has 1 rings (SSSR count). The minimum Gasteiger partial charge on any atom is -0.449 e. The van der Waals surface area contributed by atoms with E-state index in [9.17, 15) is 0 Å². The monoisotopic (exact) mass is 322 g/mol. The molecule has 1 N–H and O–H groups in total. The molecule has 0 fully saturated rings. The standard InChI is InChI=1S/C10H12Br2O2/c1-6(2)7(5-13)3-8-4-9(11)10(12)14-8/h3-4,6,13H,5H2,1-2H3. The van der Waals surface area contributed by atoms with Gasteiger partial charge in [0.2, 0.25) is 0 Å². The number of aliphatic hydroxyl groups excluding tert-OH is 1. The normalized spacial score (nSPS) is 12.6. The van der Waals surface area contributed by atoms with Gasteiger partial charge in [0.05, 0.1) is 11.1 Å². The molecule has 0 aliphatic heterocycles. The second kappa shape index (κ2) is 5.14. The van der Waals surface area contributed by atoms with Crippen molar-refractivity contribution in [3.05, 3.63) is 26.5 Å². The molecule has 0 atom stereocenters. The SMILES string of the molecule is CC(C)C(=Cc1cc(Br)c(Br)o1)CO. The number of aliphatic hydroxyl groups is 1. The van der Waals surface area contributed by atoms with E-state index in [0.717, 1.165) is 15.8 Å². The van der Waals surface area contributed by atoms with Crippen molar-refractivity contribution in [2.75, 3.05) is 6.61 Å². The van der Waals surface area contributed by atoms with E-state index in [2.05, 4.69) is 31.9 Å². The summed E-state index contributed by atoms with van der Waals surface area (Å²) in [5.41, 5.74) is 0.957. The quantitative estimate of drug-likeness (QED) is 0.917.